The van der Waals surface area contributed by atoms with Crippen LogP contribution in [-0.2, 0) is 4.79 Å². The van der Waals surface area contributed by atoms with Crippen molar-refractivity contribution in [1.82, 2.24) is 9.97 Å². The molecule has 1 aromatic carbocycles. The Labute approximate surface area is 115 Å². The van der Waals surface area contributed by atoms with E-state index in [-0.39, 0.29) is 17.6 Å². The van der Waals surface area contributed by atoms with Crippen LogP contribution in [0.15, 0.2) is 42.7 Å². The van der Waals surface area contributed by atoms with Crippen LogP contribution < -0.4 is 11.1 Å². The van der Waals surface area contributed by atoms with Crippen molar-refractivity contribution >= 4 is 23.3 Å². The van der Waals surface area contributed by atoms with Crippen LogP contribution in [0.25, 0.3) is 0 Å². The summed E-state index contributed by atoms with van der Waals surface area (Å²) in [5, 5.41) is 2.95. The standard InChI is InChI=1S/C13H13ClN4O/c14-11-6-12(17-8-16-11)18-13(19)10(7-15)9-4-2-1-3-5-9/h1-6,8,10H,7,15H2,(H,16,17,18,19). The molecule has 1 unspecified atom stereocenters. The highest BCUT2D eigenvalue weighted by atomic mass is 35.5. The van der Waals surface area contributed by atoms with Gasteiger partial charge in [-0.3, -0.25) is 4.79 Å². The highest BCUT2D eigenvalue weighted by Gasteiger charge is 2.19. The van der Waals surface area contributed by atoms with E-state index in [1.807, 2.05) is 30.3 Å². The number of amides is 1. The van der Waals surface area contributed by atoms with Gasteiger partial charge in [-0.15, -0.1) is 0 Å². The molecule has 0 spiro atoms. The molecule has 1 aromatic heterocycles. The molecule has 98 valence electrons. The van der Waals surface area contributed by atoms with Crippen molar-refractivity contribution in [2.45, 2.75) is 5.92 Å². The predicted octanol–water partition coefficient (Wildman–Crippen LogP) is 1.81. The maximum Gasteiger partial charge on any atom is 0.234 e. The van der Waals surface area contributed by atoms with Gasteiger partial charge < -0.3 is 11.1 Å². The maximum absolute atomic E-state index is 12.2. The van der Waals surface area contributed by atoms with E-state index in [4.69, 9.17) is 17.3 Å². The normalized spacial score (nSPS) is 11.9. The molecule has 2 aromatic rings. The summed E-state index contributed by atoms with van der Waals surface area (Å²) in [6, 6.07) is 10.8. The summed E-state index contributed by atoms with van der Waals surface area (Å²) in [4.78, 5) is 19.8. The largest absolute Gasteiger partial charge is 0.329 e. The SMILES string of the molecule is NCC(C(=O)Nc1cc(Cl)ncn1)c1ccccc1. The maximum atomic E-state index is 12.2. The second kappa shape index (κ2) is 6.26. The first kappa shape index (κ1) is 13.5. The number of hydrogen-bond donors (Lipinski definition) is 2. The Bertz CT molecular complexity index is 562. The van der Waals surface area contributed by atoms with Gasteiger partial charge in [0, 0.05) is 12.6 Å². The number of benzene rings is 1. The van der Waals surface area contributed by atoms with Gasteiger partial charge in [-0.25, -0.2) is 9.97 Å². The molecule has 19 heavy (non-hydrogen) atoms. The molecule has 2 rings (SSSR count). The highest BCUT2D eigenvalue weighted by Crippen LogP contribution is 2.17. The fourth-order valence-electron chi connectivity index (χ4n) is 1.70. The third-order valence-electron chi connectivity index (χ3n) is 2.64. The summed E-state index contributed by atoms with van der Waals surface area (Å²) in [6.45, 7) is 0.217. The van der Waals surface area contributed by atoms with E-state index in [0.717, 1.165) is 5.56 Å². The van der Waals surface area contributed by atoms with Gasteiger partial charge in [-0.1, -0.05) is 41.9 Å². The molecule has 0 aliphatic carbocycles. The van der Waals surface area contributed by atoms with Crippen LogP contribution in [0.3, 0.4) is 0 Å². The lowest BCUT2D eigenvalue weighted by molar-refractivity contribution is -0.117. The number of nitrogens with one attached hydrogen (secondary N) is 1. The summed E-state index contributed by atoms with van der Waals surface area (Å²) >= 11 is 5.73. The lowest BCUT2D eigenvalue weighted by Crippen LogP contribution is -2.27. The molecule has 0 saturated carbocycles. The summed E-state index contributed by atoms with van der Waals surface area (Å²) < 4.78 is 0. The number of nitrogens with zero attached hydrogens (tertiary/aromatic N) is 2. The van der Waals surface area contributed by atoms with Crippen molar-refractivity contribution in [1.29, 1.82) is 0 Å². The minimum absolute atomic E-state index is 0.217. The summed E-state index contributed by atoms with van der Waals surface area (Å²) in [6.07, 6.45) is 1.29. The molecule has 0 radical (unpaired) electrons. The van der Waals surface area contributed by atoms with Gasteiger partial charge in [-0.2, -0.15) is 0 Å². The average Bonchev–Trinajstić information content (AvgIpc) is 2.41. The molecular formula is C13H13ClN4O. The van der Waals surface area contributed by atoms with Crippen LogP contribution in [0, 0.1) is 0 Å². The van der Waals surface area contributed by atoms with Gasteiger partial charge in [0.2, 0.25) is 5.91 Å². The second-order valence-electron chi connectivity index (χ2n) is 3.91. The minimum atomic E-state index is -0.421. The van der Waals surface area contributed by atoms with Crippen LogP contribution in [0.2, 0.25) is 5.15 Å². The van der Waals surface area contributed by atoms with Gasteiger partial charge >= 0.3 is 0 Å². The molecule has 5 nitrogen and oxygen atoms in total. The van der Waals surface area contributed by atoms with Gasteiger partial charge in [0.05, 0.1) is 5.92 Å². The Morgan fingerprint density at radius 3 is 2.68 bits per heavy atom. The number of anilines is 1. The van der Waals surface area contributed by atoms with E-state index in [2.05, 4.69) is 15.3 Å². The van der Waals surface area contributed by atoms with Gasteiger partial charge in [0.15, 0.2) is 0 Å². The molecule has 0 aliphatic heterocycles. The van der Waals surface area contributed by atoms with Gasteiger partial charge in [0.1, 0.15) is 17.3 Å². The quantitative estimate of drug-likeness (QED) is 0.835. The topological polar surface area (TPSA) is 80.9 Å². The summed E-state index contributed by atoms with van der Waals surface area (Å²) in [5.41, 5.74) is 6.53. The molecular weight excluding hydrogens is 264 g/mol. The predicted molar refractivity (Wildman–Crippen MR) is 73.9 cm³/mol. The van der Waals surface area contributed by atoms with Crippen LogP contribution in [0.1, 0.15) is 11.5 Å². The number of carbonyl (C=O) groups is 1. The van der Waals surface area contributed by atoms with E-state index in [1.165, 1.54) is 12.4 Å². The zero-order valence-electron chi connectivity index (χ0n) is 10.1. The Hall–Kier alpha value is -1.98. The molecule has 0 saturated heterocycles. The van der Waals surface area contributed by atoms with Gasteiger partial charge in [0.25, 0.3) is 0 Å². The van der Waals surface area contributed by atoms with Crippen molar-refractivity contribution in [3.63, 3.8) is 0 Å². The fraction of sp³-hybridized carbons (Fsp3) is 0.154. The Kier molecular flexibility index (Phi) is 4.43. The zero-order chi connectivity index (χ0) is 13.7. The number of carbonyl (C=O) groups excluding carboxylic acids is 1. The van der Waals surface area contributed by atoms with Crippen LogP contribution >= 0.6 is 11.6 Å². The molecule has 0 fully saturated rings. The van der Waals surface area contributed by atoms with Gasteiger partial charge in [-0.05, 0) is 5.56 Å². The van der Waals surface area contributed by atoms with Crippen molar-refractivity contribution in [2.24, 2.45) is 5.73 Å². The monoisotopic (exact) mass is 276 g/mol. The lowest BCUT2D eigenvalue weighted by Gasteiger charge is -2.14. The third-order valence-corrected chi connectivity index (χ3v) is 2.85. The number of rotatable bonds is 4. The van der Waals surface area contributed by atoms with E-state index in [9.17, 15) is 4.79 Å². The van der Waals surface area contributed by atoms with Crippen molar-refractivity contribution in [3.05, 3.63) is 53.4 Å². The van der Waals surface area contributed by atoms with Crippen molar-refractivity contribution in [3.8, 4) is 0 Å². The highest BCUT2D eigenvalue weighted by molar-refractivity contribution is 6.29. The van der Waals surface area contributed by atoms with Crippen LogP contribution in [0.4, 0.5) is 5.82 Å². The molecule has 1 atom stereocenters. The van der Waals surface area contributed by atoms with Crippen molar-refractivity contribution in [2.75, 3.05) is 11.9 Å². The van der Waals surface area contributed by atoms with E-state index >= 15 is 0 Å². The summed E-state index contributed by atoms with van der Waals surface area (Å²) in [5.74, 6) is -0.280. The molecule has 0 aliphatic rings. The minimum Gasteiger partial charge on any atom is -0.329 e. The average molecular weight is 277 g/mol. The van der Waals surface area contributed by atoms with Crippen molar-refractivity contribution < 1.29 is 4.79 Å². The first-order chi connectivity index (χ1) is 9.20. The number of hydrogen-bond acceptors (Lipinski definition) is 4. The molecule has 6 heteroatoms. The zero-order valence-corrected chi connectivity index (χ0v) is 10.8. The van der Waals surface area contributed by atoms with E-state index in [1.54, 1.807) is 0 Å². The number of nitrogens with two attached hydrogens (primary N) is 1. The Morgan fingerprint density at radius 1 is 1.32 bits per heavy atom. The Balaban J connectivity index is 2.14. The number of halogens is 1. The van der Waals surface area contributed by atoms with E-state index in [0.29, 0.717) is 5.82 Å². The van der Waals surface area contributed by atoms with Crippen LogP contribution in [-0.4, -0.2) is 22.4 Å². The Morgan fingerprint density at radius 2 is 2.05 bits per heavy atom. The molecule has 3 N–H and O–H groups in total. The first-order valence-electron chi connectivity index (χ1n) is 5.74. The van der Waals surface area contributed by atoms with Crippen LogP contribution in [0.5, 0.6) is 0 Å². The molecule has 1 amide bonds. The molecule has 0 bridgehead atoms. The molecule has 1 heterocycles. The second-order valence-corrected chi connectivity index (χ2v) is 4.30. The summed E-state index contributed by atoms with van der Waals surface area (Å²) in [7, 11) is 0. The number of aromatic nitrogens is 2. The first-order valence-corrected chi connectivity index (χ1v) is 6.12. The van der Waals surface area contributed by atoms with E-state index < -0.39 is 5.92 Å². The third kappa shape index (κ3) is 3.49. The smallest absolute Gasteiger partial charge is 0.234 e. The fourth-order valence-corrected chi connectivity index (χ4v) is 1.84. The lowest BCUT2D eigenvalue weighted by atomic mass is 9.98.